The number of nitrogens with zero attached hydrogens (tertiary/aromatic N) is 1. The van der Waals surface area contributed by atoms with Gasteiger partial charge in [-0.05, 0) is 55.7 Å². The first kappa shape index (κ1) is 18.4. The van der Waals surface area contributed by atoms with Crippen molar-refractivity contribution in [1.29, 1.82) is 0 Å². The predicted molar refractivity (Wildman–Crippen MR) is 98.6 cm³/mol. The third-order valence-electron chi connectivity index (χ3n) is 6.49. The quantitative estimate of drug-likeness (QED) is 0.861. The summed E-state index contributed by atoms with van der Waals surface area (Å²) in [6.45, 7) is 2.63. The van der Waals surface area contributed by atoms with E-state index in [1.54, 1.807) is 12.1 Å². The van der Waals surface area contributed by atoms with Crippen LogP contribution in [0.3, 0.4) is 0 Å². The van der Waals surface area contributed by atoms with E-state index in [1.807, 2.05) is 4.90 Å². The number of benzene rings is 1. The molecule has 0 bridgehead atoms. The topological polar surface area (TPSA) is 58.6 Å². The molecule has 1 aromatic carbocycles. The number of hydrogen-bond donors (Lipinski definition) is 1. The molecule has 146 valence electrons. The SMILES string of the molecule is O=C1CC[C@H]2C[C@@](C(=O)NCCC3CCOCC3)(c3ccc(F)cc3)CN12. The highest BCUT2D eigenvalue weighted by atomic mass is 19.1. The van der Waals surface area contributed by atoms with Crippen LogP contribution in [-0.4, -0.2) is 49.1 Å². The maximum absolute atomic E-state index is 13.4. The fourth-order valence-electron chi connectivity index (χ4n) is 4.85. The lowest BCUT2D eigenvalue weighted by molar-refractivity contribution is -0.129. The van der Waals surface area contributed by atoms with Crippen LogP contribution >= 0.6 is 0 Å². The summed E-state index contributed by atoms with van der Waals surface area (Å²) in [6.07, 6.45) is 5.02. The molecular weight excluding hydrogens is 347 g/mol. The van der Waals surface area contributed by atoms with Crippen molar-refractivity contribution in [1.82, 2.24) is 10.2 Å². The number of halogens is 1. The minimum absolute atomic E-state index is 0.0385. The van der Waals surface area contributed by atoms with Crippen LogP contribution in [0.25, 0.3) is 0 Å². The molecule has 3 aliphatic rings. The first-order valence-corrected chi connectivity index (χ1v) is 10.00. The minimum atomic E-state index is -0.774. The fraction of sp³-hybridized carbons (Fsp3) is 0.619. The molecule has 0 spiro atoms. The van der Waals surface area contributed by atoms with Crippen molar-refractivity contribution in [2.24, 2.45) is 5.92 Å². The molecule has 0 aliphatic carbocycles. The van der Waals surface area contributed by atoms with Gasteiger partial charge in [-0.3, -0.25) is 9.59 Å². The molecule has 5 nitrogen and oxygen atoms in total. The molecule has 2 atom stereocenters. The third-order valence-corrected chi connectivity index (χ3v) is 6.49. The van der Waals surface area contributed by atoms with Gasteiger partial charge in [-0.15, -0.1) is 0 Å². The number of nitrogens with one attached hydrogen (secondary N) is 1. The number of fused-ring (bicyclic) bond motifs is 1. The smallest absolute Gasteiger partial charge is 0.232 e. The molecule has 4 rings (SSSR count). The lowest BCUT2D eigenvalue weighted by Crippen LogP contribution is -2.47. The first-order chi connectivity index (χ1) is 13.1. The van der Waals surface area contributed by atoms with Crippen LogP contribution in [0.15, 0.2) is 24.3 Å². The Bertz CT molecular complexity index is 702. The van der Waals surface area contributed by atoms with Crippen molar-refractivity contribution in [3.63, 3.8) is 0 Å². The fourth-order valence-corrected chi connectivity index (χ4v) is 4.85. The Labute approximate surface area is 159 Å². The number of ether oxygens (including phenoxy) is 1. The number of rotatable bonds is 5. The van der Waals surface area contributed by atoms with E-state index in [4.69, 9.17) is 4.74 Å². The van der Waals surface area contributed by atoms with Crippen molar-refractivity contribution in [3.05, 3.63) is 35.6 Å². The summed E-state index contributed by atoms with van der Waals surface area (Å²) in [7, 11) is 0. The van der Waals surface area contributed by atoms with E-state index >= 15 is 0 Å². The van der Waals surface area contributed by atoms with Gasteiger partial charge in [-0.25, -0.2) is 4.39 Å². The molecule has 0 radical (unpaired) electrons. The molecular formula is C21H27FN2O3. The van der Waals surface area contributed by atoms with Gasteiger partial charge in [0, 0.05) is 38.8 Å². The third kappa shape index (κ3) is 3.59. The van der Waals surface area contributed by atoms with Crippen LogP contribution in [0.2, 0.25) is 0 Å². The van der Waals surface area contributed by atoms with Gasteiger partial charge in [-0.2, -0.15) is 0 Å². The molecule has 3 saturated heterocycles. The van der Waals surface area contributed by atoms with Crippen molar-refractivity contribution < 1.29 is 18.7 Å². The standard InChI is InChI=1S/C21H27FN2O3/c22-17-3-1-16(2-4-17)21(13-18-5-6-19(25)24(18)14-21)20(26)23-10-7-15-8-11-27-12-9-15/h1-4,15,18H,5-14H2,(H,23,26)/t18-,21-/m0/s1. The van der Waals surface area contributed by atoms with Gasteiger partial charge < -0.3 is 15.0 Å². The Morgan fingerprint density at radius 2 is 1.96 bits per heavy atom. The molecule has 1 N–H and O–H groups in total. The largest absolute Gasteiger partial charge is 0.381 e. The summed E-state index contributed by atoms with van der Waals surface area (Å²) in [5.41, 5.74) is 0.0269. The maximum Gasteiger partial charge on any atom is 0.232 e. The number of hydrogen-bond acceptors (Lipinski definition) is 3. The lowest BCUT2D eigenvalue weighted by Gasteiger charge is -2.29. The Hall–Kier alpha value is -1.95. The van der Waals surface area contributed by atoms with Gasteiger partial charge in [0.2, 0.25) is 11.8 Å². The zero-order chi connectivity index (χ0) is 18.9. The van der Waals surface area contributed by atoms with Crippen molar-refractivity contribution in [2.45, 2.75) is 50.0 Å². The number of carbonyl (C=O) groups excluding carboxylic acids is 2. The van der Waals surface area contributed by atoms with Gasteiger partial charge in [-0.1, -0.05) is 12.1 Å². The van der Waals surface area contributed by atoms with Crippen molar-refractivity contribution in [3.8, 4) is 0 Å². The monoisotopic (exact) mass is 374 g/mol. The molecule has 3 heterocycles. The average molecular weight is 374 g/mol. The van der Waals surface area contributed by atoms with Gasteiger partial charge in [0.15, 0.2) is 0 Å². The van der Waals surface area contributed by atoms with Crippen molar-refractivity contribution in [2.75, 3.05) is 26.3 Å². The van der Waals surface area contributed by atoms with Gasteiger partial charge in [0.1, 0.15) is 5.82 Å². The van der Waals surface area contributed by atoms with E-state index in [-0.39, 0.29) is 23.7 Å². The highest BCUT2D eigenvalue weighted by molar-refractivity contribution is 5.91. The number of amides is 2. The van der Waals surface area contributed by atoms with E-state index in [0.717, 1.165) is 44.5 Å². The van der Waals surface area contributed by atoms with Gasteiger partial charge >= 0.3 is 0 Å². The van der Waals surface area contributed by atoms with Crippen LogP contribution in [0.5, 0.6) is 0 Å². The normalized spacial score (nSPS) is 28.4. The Balaban J connectivity index is 1.49. The van der Waals surface area contributed by atoms with Crippen LogP contribution < -0.4 is 5.32 Å². The molecule has 6 heteroatoms. The molecule has 3 fully saturated rings. The summed E-state index contributed by atoms with van der Waals surface area (Å²) in [6, 6.07) is 6.30. The summed E-state index contributed by atoms with van der Waals surface area (Å²) in [4.78, 5) is 27.3. The Morgan fingerprint density at radius 1 is 1.22 bits per heavy atom. The zero-order valence-corrected chi connectivity index (χ0v) is 15.6. The predicted octanol–water partition coefficient (Wildman–Crippen LogP) is 2.39. The molecule has 1 aromatic rings. The second-order valence-electron chi connectivity index (χ2n) is 8.11. The summed E-state index contributed by atoms with van der Waals surface area (Å²) in [5.74, 6) is 0.361. The van der Waals surface area contributed by atoms with Crippen molar-refractivity contribution >= 4 is 11.8 Å². The molecule has 0 unspecified atom stereocenters. The van der Waals surface area contributed by atoms with Gasteiger partial charge in [0.25, 0.3) is 0 Å². The zero-order valence-electron chi connectivity index (χ0n) is 15.6. The maximum atomic E-state index is 13.4. The minimum Gasteiger partial charge on any atom is -0.381 e. The lowest BCUT2D eigenvalue weighted by atomic mass is 9.76. The number of carbonyl (C=O) groups is 2. The summed E-state index contributed by atoms with van der Waals surface area (Å²) < 4.78 is 18.8. The Morgan fingerprint density at radius 3 is 2.67 bits per heavy atom. The van der Waals surface area contributed by atoms with E-state index in [9.17, 15) is 14.0 Å². The van der Waals surface area contributed by atoms with E-state index < -0.39 is 5.41 Å². The second-order valence-corrected chi connectivity index (χ2v) is 8.11. The first-order valence-electron chi connectivity index (χ1n) is 10.00. The molecule has 2 amide bonds. The highest BCUT2D eigenvalue weighted by Crippen LogP contribution is 2.43. The second kappa shape index (κ2) is 7.58. The van der Waals surface area contributed by atoms with Crippen LogP contribution in [-0.2, 0) is 19.7 Å². The molecule has 3 aliphatic heterocycles. The van der Waals surface area contributed by atoms with Gasteiger partial charge in [0.05, 0.1) is 5.41 Å². The molecule has 27 heavy (non-hydrogen) atoms. The average Bonchev–Trinajstić information content (AvgIpc) is 3.23. The molecule has 0 aromatic heterocycles. The van der Waals surface area contributed by atoms with E-state index in [1.165, 1.54) is 12.1 Å². The van der Waals surface area contributed by atoms with Crippen LogP contribution in [0.4, 0.5) is 4.39 Å². The van der Waals surface area contributed by atoms with Crippen LogP contribution in [0, 0.1) is 11.7 Å². The summed E-state index contributed by atoms with van der Waals surface area (Å²) >= 11 is 0. The molecule has 0 saturated carbocycles. The summed E-state index contributed by atoms with van der Waals surface area (Å²) in [5, 5.41) is 3.12. The highest BCUT2D eigenvalue weighted by Gasteiger charge is 2.53. The van der Waals surface area contributed by atoms with E-state index in [2.05, 4.69) is 5.32 Å². The Kier molecular flexibility index (Phi) is 5.17. The van der Waals surface area contributed by atoms with Crippen LogP contribution in [0.1, 0.15) is 44.1 Å². The van der Waals surface area contributed by atoms with E-state index in [0.29, 0.717) is 31.8 Å².